The molecule has 4 rings (SSSR count). The van der Waals surface area contributed by atoms with Gasteiger partial charge < -0.3 is 10.2 Å². The van der Waals surface area contributed by atoms with Crippen LogP contribution in [0.25, 0.3) is 5.65 Å². The van der Waals surface area contributed by atoms with Crippen LogP contribution in [0.4, 0.5) is 10.2 Å². The van der Waals surface area contributed by atoms with Gasteiger partial charge in [-0.2, -0.15) is 0 Å². The van der Waals surface area contributed by atoms with Crippen LogP contribution in [0.3, 0.4) is 0 Å². The minimum atomic E-state index is -0.447. The van der Waals surface area contributed by atoms with Crippen molar-refractivity contribution in [2.75, 3.05) is 18.0 Å². The van der Waals surface area contributed by atoms with E-state index in [4.69, 9.17) is 0 Å². The molecule has 0 aliphatic carbocycles. The van der Waals surface area contributed by atoms with Crippen LogP contribution in [0.5, 0.6) is 0 Å². The number of rotatable bonds is 5. The number of halogens is 1. The maximum absolute atomic E-state index is 13.7. The fourth-order valence-corrected chi connectivity index (χ4v) is 3.78. The van der Waals surface area contributed by atoms with Crippen LogP contribution in [-0.2, 0) is 11.3 Å². The molecule has 1 fully saturated rings. The van der Waals surface area contributed by atoms with Crippen molar-refractivity contribution < 1.29 is 9.18 Å². The van der Waals surface area contributed by atoms with E-state index in [9.17, 15) is 14.0 Å². The van der Waals surface area contributed by atoms with Gasteiger partial charge in [0.15, 0.2) is 5.65 Å². The Morgan fingerprint density at radius 3 is 2.77 bits per heavy atom. The molecule has 0 unspecified atom stereocenters. The molecule has 0 bridgehead atoms. The predicted molar refractivity (Wildman–Crippen MR) is 111 cm³/mol. The molecule has 3 aromatic heterocycles. The molecule has 158 valence electrons. The second-order valence-corrected chi connectivity index (χ2v) is 7.69. The number of piperidine rings is 1. The second kappa shape index (κ2) is 8.25. The van der Waals surface area contributed by atoms with E-state index in [0.29, 0.717) is 16.9 Å². The Bertz CT molecular complexity index is 1130. The summed E-state index contributed by atoms with van der Waals surface area (Å²) in [5, 5.41) is 7.10. The molecule has 1 saturated heterocycles. The van der Waals surface area contributed by atoms with E-state index in [1.807, 2.05) is 12.1 Å². The molecule has 30 heavy (non-hydrogen) atoms. The maximum Gasteiger partial charge on any atom is 0.352 e. The number of anilines is 1. The van der Waals surface area contributed by atoms with Crippen LogP contribution in [0.1, 0.15) is 43.5 Å². The van der Waals surface area contributed by atoms with E-state index in [1.54, 1.807) is 24.3 Å². The molecule has 1 aliphatic rings. The SMILES string of the molecule is Cc1ncc([C@H](C)NC(=O)Cn2nc3cccc(N4CCCCC4)n3c2=O)cc1F. The van der Waals surface area contributed by atoms with E-state index >= 15 is 0 Å². The van der Waals surface area contributed by atoms with Gasteiger partial charge in [0, 0.05) is 19.3 Å². The summed E-state index contributed by atoms with van der Waals surface area (Å²) in [6, 6.07) is 6.45. The molecule has 1 N–H and O–H groups in total. The number of carbonyl (C=O) groups excluding carboxylic acids is 1. The average Bonchev–Trinajstić information content (AvgIpc) is 3.06. The molecule has 0 saturated carbocycles. The zero-order valence-corrected chi connectivity index (χ0v) is 17.1. The molecular formula is C21H25FN6O2. The summed E-state index contributed by atoms with van der Waals surface area (Å²) in [6.07, 6.45) is 4.91. The molecular weight excluding hydrogens is 387 g/mol. The number of fused-ring (bicyclic) bond motifs is 1. The van der Waals surface area contributed by atoms with Crippen LogP contribution in [0.2, 0.25) is 0 Å². The molecule has 1 aliphatic heterocycles. The number of hydrogen-bond donors (Lipinski definition) is 1. The number of nitrogens with zero attached hydrogens (tertiary/aromatic N) is 5. The van der Waals surface area contributed by atoms with Gasteiger partial charge in [-0.05, 0) is 56.9 Å². The van der Waals surface area contributed by atoms with E-state index in [2.05, 4.69) is 20.3 Å². The van der Waals surface area contributed by atoms with Gasteiger partial charge in [-0.15, -0.1) is 5.10 Å². The first-order valence-electron chi connectivity index (χ1n) is 10.2. The number of amides is 1. The van der Waals surface area contributed by atoms with Crippen molar-refractivity contribution in [3.05, 3.63) is 58.0 Å². The number of aromatic nitrogens is 4. The van der Waals surface area contributed by atoms with Crippen LogP contribution < -0.4 is 15.9 Å². The Hall–Kier alpha value is -3.23. The fourth-order valence-electron chi connectivity index (χ4n) is 3.78. The maximum atomic E-state index is 13.7. The van der Waals surface area contributed by atoms with Crippen LogP contribution in [-0.4, -0.2) is 38.2 Å². The quantitative estimate of drug-likeness (QED) is 0.695. The summed E-state index contributed by atoms with van der Waals surface area (Å²) in [5.41, 5.74) is 1.02. The van der Waals surface area contributed by atoms with Gasteiger partial charge in [0.2, 0.25) is 5.91 Å². The second-order valence-electron chi connectivity index (χ2n) is 7.69. The van der Waals surface area contributed by atoms with Gasteiger partial charge in [-0.1, -0.05) is 6.07 Å². The molecule has 0 spiro atoms. The van der Waals surface area contributed by atoms with Crippen LogP contribution in [0, 0.1) is 12.7 Å². The van der Waals surface area contributed by atoms with Gasteiger partial charge >= 0.3 is 5.69 Å². The van der Waals surface area contributed by atoms with Crippen molar-refractivity contribution in [1.29, 1.82) is 0 Å². The largest absolute Gasteiger partial charge is 0.358 e. The first kappa shape index (κ1) is 20.1. The summed E-state index contributed by atoms with van der Waals surface area (Å²) >= 11 is 0. The van der Waals surface area contributed by atoms with Gasteiger partial charge in [0.25, 0.3) is 0 Å². The lowest BCUT2D eigenvalue weighted by atomic mass is 10.1. The Balaban J connectivity index is 1.53. The van der Waals surface area contributed by atoms with Crippen molar-refractivity contribution >= 4 is 17.4 Å². The normalized spacial score (nSPS) is 15.4. The highest BCUT2D eigenvalue weighted by atomic mass is 19.1. The molecule has 1 atom stereocenters. The summed E-state index contributed by atoms with van der Waals surface area (Å²) < 4.78 is 16.5. The number of carbonyl (C=O) groups is 1. The van der Waals surface area contributed by atoms with Gasteiger partial charge in [0.05, 0.1) is 11.7 Å². The highest BCUT2D eigenvalue weighted by Gasteiger charge is 2.19. The van der Waals surface area contributed by atoms with Gasteiger partial charge in [0.1, 0.15) is 18.2 Å². The minimum Gasteiger partial charge on any atom is -0.358 e. The highest BCUT2D eigenvalue weighted by molar-refractivity contribution is 5.76. The van der Waals surface area contributed by atoms with Crippen molar-refractivity contribution in [2.45, 2.75) is 45.7 Å². The van der Waals surface area contributed by atoms with E-state index in [-0.39, 0.29) is 18.1 Å². The number of hydrogen-bond acceptors (Lipinski definition) is 5. The molecule has 4 heterocycles. The molecule has 9 heteroatoms. The fraction of sp³-hybridized carbons (Fsp3) is 0.429. The Morgan fingerprint density at radius 2 is 2.03 bits per heavy atom. The summed E-state index contributed by atoms with van der Waals surface area (Å²) in [7, 11) is 0. The number of pyridine rings is 2. The minimum absolute atomic E-state index is 0.216. The third-order valence-corrected chi connectivity index (χ3v) is 5.48. The van der Waals surface area contributed by atoms with Crippen LogP contribution >= 0.6 is 0 Å². The predicted octanol–water partition coefficient (Wildman–Crippen LogP) is 2.21. The first-order valence-corrected chi connectivity index (χ1v) is 10.2. The van der Waals surface area contributed by atoms with E-state index < -0.39 is 11.9 Å². The van der Waals surface area contributed by atoms with Gasteiger partial charge in [-0.25, -0.2) is 18.3 Å². The lowest BCUT2D eigenvalue weighted by Crippen LogP contribution is -2.36. The Morgan fingerprint density at radius 1 is 1.27 bits per heavy atom. The van der Waals surface area contributed by atoms with E-state index in [0.717, 1.165) is 31.7 Å². The lowest BCUT2D eigenvalue weighted by Gasteiger charge is -2.28. The first-order chi connectivity index (χ1) is 14.4. The molecule has 3 aromatic rings. The van der Waals surface area contributed by atoms with Crippen molar-refractivity contribution in [2.24, 2.45) is 0 Å². The highest BCUT2D eigenvalue weighted by Crippen LogP contribution is 2.19. The standard InChI is InChI=1S/C21H25FN6O2/c1-14(16-11-17(22)15(2)23-12-16)24-19(29)13-27-21(30)28-18(25-27)7-6-8-20(28)26-9-4-3-5-10-26/h6-8,11-12,14H,3-5,9-10,13H2,1-2H3,(H,24,29)/t14-/m0/s1. The number of nitrogens with one attached hydrogen (secondary N) is 1. The third-order valence-electron chi connectivity index (χ3n) is 5.48. The zero-order valence-electron chi connectivity index (χ0n) is 17.1. The van der Waals surface area contributed by atoms with Crippen LogP contribution in [0.15, 0.2) is 35.3 Å². The lowest BCUT2D eigenvalue weighted by molar-refractivity contribution is -0.122. The Kier molecular flexibility index (Phi) is 5.52. The third kappa shape index (κ3) is 3.92. The average molecular weight is 412 g/mol. The smallest absolute Gasteiger partial charge is 0.352 e. The van der Waals surface area contributed by atoms with Gasteiger partial charge in [-0.3, -0.25) is 9.78 Å². The molecule has 8 nitrogen and oxygen atoms in total. The Labute approximate surface area is 173 Å². The van der Waals surface area contributed by atoms with E-state index in [1.165, 1.54) is 23.4 Å². The number of aryl methyl sites for hydroxylation is 1. The summed E-state index contributed by atoms with van der Waals surface area (Å²) in [4.78, 5) is 31.7. The summed E-state index contributed by atoms with van der Waals surface area (Å²) in [6.45, 7) is 4.90. The van der Waals surface area contributed by atoms with Crippen molar-refractivity contribution in [3.63, 3.8) is 0 Å². The molecule has 0 aromatic carbocycles. The van der Waals surface area contributed by atoms with Crippen molar-refractivity contribution in [3.8, 4) is 0 Å². The summed E-state index contributed by atoms with van der Waals surface area (Å²) in [5.74, 6) is 0.00218. The monoisotopic (exact) mass is 412 g/mol. The van der Waals surface area contributed by atoms with Crippen molar-refractivity contribution in [1.82, 2.24) is 24.5 Å². The molecule has 1 amide bonds. The zero-order chi connectivity index (χ0) is 21.3. The molecule has 0 radical (unpaired) electrons. The topological polar surface area (TPSA) is 84.5 Å².